The number of ketones is 2. The van der Waals surface area contributed by atoms with Gasteiger partial charge in [0.2, 0.25) is 0 Å². The molecule has 44 heavy (non-hydrogen) atoms. The minimum Gasteiger partial charge on any atom is -0.489 e. The van der Waals surface area contributed by atoms with Crippen LogP contribution in [0.1, 0.15) is 64.7 Å². The zero-order chi connectivity index (χ0) is 30.6. The van der Waals surface area contributed by atoms with Crippen LogP contribution in [0.5, 0.6) is 5.75 Å². The van der Waals surface area contributed by atoms with Crippen molar-refractivity contribution < 1.29 is 23.5 Å². The van der Waals surface area contributed by atoms with E-state index in [1.54, 1.807) is 29.2 Å². The van der Waals surface area contributed by atoms with E-state index in [-0.39, 0.29) is 23.3 Å². The molecule has 0 spiro atoms. The molecule has 3 aromatic rings. The van der Waals surface area contributed by atoms with Gasteiger partial charge in [0, 0.05) is 63.1 Å². The van der Waals surface area contributed by atoms with E-state index in [1.165, 1.54) is 11.6 Å². The van der Waals surface area contributed by atoms with Gasteiger partial charge in [-0.2, -0.15) is 5.26 Å². The molecule has 0 aromatic heterocycles. The Kier molecular flexibility index (Phi) is 8.71. The Morgan fingerprint density at radius 1 is 0.909 bits per heavy atom. The van der Waals surface area contributed by atoms with Gasteiger partial charge in [-0.05, 0) is 54.3 Å². The van der Waals surface area contributed by atoms with Crippen molar-refractivity contribution in [2.75, 3.05) is 31.1 Å². The third-order valence-corrected chi connectivity index (χ3v) is 8.89. The SMILES string of the molecule is N#Cc1ccc(N2CCN(Cc3ccc(COc4cccc5c4CN([C@H]4CCC(=O)CCCC4=O)C5=O)cc3)CC2)c(F)c1. The molecule has 1 aliphatic carbocycles. The number of Topliss-reactive ketones (excluding diaryl/α,β-unsaturated/α-hetero) is 2. The summed E-state index contributed by atoms with van der Waals surface area (Å²) in [6, 6.07) is 19.7. The topological polar surface area (TPSA) is 93.9 Å². The molecule has 0 radical (unpaired) electrons. The first-order valence-corrected chi connectivity index (χ1v) is 15.2. The van der Waals surface area contributed by atoms with Crippen LogP contribution in [0.4, 0.5) is 10.1 Å². The summed E-state index contributed by atoms with van der Waals surface area (Å²) in [5.74, 6) is 0.281. The Balaban J connectivity index is 1.03. The largest absolute Gasteiger partial charge is 0.489 e. The summed E-state index contributed by atoms with van der Waals surface area (Å²) in [4.78, 5) is 44.1. The molecular weight excluding hydrogens is 559 g/mol. The molecule has 2 heterocycles. The number of anilines is 1. The van der Waals surface area contributed by atoms with Crippen LogP contribution >= 0.6 is 0 Å². The van der Waals surface area contributed by atoms with Crippen LogP contribution in [0, 0.1) is 17.1 Å². The number of halogens is 1. The average Bonchev–Trinajstić information content (AvgIpc) is 3.36. The second kappa shape index (κ2) is 13.0. The number of ether oxygens (including phenoxy) is 1. The number of nitrogens with zero attached hydrogens (tertiary/aromatic N) is 4. The predicted molar refractivity (Wildman–Crippen MR) is 163 cm³/mol. The molecule has 0 unspecified atom stereocenters. The minimum absolute atomic E-state index is 0.0308. The highest BCUT2D eigenvalue weighted by Crippen LogP contribution is 2.34. The Labute approximate surface area is 256 Å². The van der Waals surface area contributed by atoms with Crippen LogP contribution in [-0.2, 0) is 29.3 Å². The van der Waals surface area contributed by atoms with Crippen molar-refractivity contribution in [1.82, 2.24) is 9.80 Å². The molecule has 2 aliphatic heterocycles. The third kappa shape index (κ3) is 6.36. The fourth-order valence-electron chi connectivity index (χ4n) is 6.39. The lowest BCUT2D eigenvalue weighted by Crippen LogP contribution is -2.46. The van der Waals surface area contributed by atoms with E-state index in [2.05, 4.69) is 17.0 Å². The van der Waals surface area contributed by atoms with E-state index >= 15 is 0 Å². The zero-order valence-electron chi connectivity index (χ0n) is 24.6. The first-order valence-electron chi connectivity index (χ1n) is 15.2. The molecule has 6 rings (SSSR count). The van der Waals surface area contributed by atoms with E-state index in [0.29, 0.717) is 80.9 Å². The molecular formula is C35H35FN4O4. The van der Waals surface area contributed by atoms with Gasteiger partial charge in [-0.25, -0.2) is 4.39 Å². The summed E-state index contributed by atoms with van der Waals surface area (Å²) in [7, 11) is 0. The number of piperazine rings is 1. The summed E-state index contributed by atoms with van der Waals surface area (Å²) in [6.45, 7) is 4.48. The average molecular weight is 595 g/mol. The summed E-state index contributed by atoms with van der Waals surface area (Å²) >= 11 is 0. The number of benzene rings is 3. The predicted octanol–water partition coefficient (Wildman–Crippen LogP) is 5.03. The number of hydrogen-bond acceptors (Lipinski definition) is 7. The number of rotatable bonds is 7. The van der Waals surface area contributed by atoms with Crippen molar-refractivity contribution in [3.63, 3.8) is 0 Å². The number of carbonyl (C=O) groups excluding carboxylic acids is 3. The minimum atomic E-state index is -0.570. The molecule has 8 nitrogen and oxygen atoms in total. The molecule has 9 heteroatoms. The van der Waals surface area contributed by atoms with Gasteiger partial charge in [0.1, 0.15) is 24.0 Å². The summed E-state index contributed by atoms with van der Waals surface area (Å²) < 4.78 is 20.6. The summed E-state index contributed by atoms with van der Waals surface area (Å²) in [6.07, 6.45) is 2.01. The lowest BCUT2D eigenvalue weighted by molar-refractivity contribution is -0.126. The van der Waals surface area contributed by atoms with Crippen molar-refractivity contribution in [3.05, 3.63) is 94.3 Å². The maximum absolute atomic E-state index is 14.4. The van der Waals surface area contributed by atoms with Crippen LogP contribution in [0.3, 0.4) is 0 Å². The van der Waals surface area contributed by atoms with Gasteiger partial charge >= 0.3 is 0 Å². The van der Waals surface area contributed by atoms with E-state index in [9.17, 15) is 18.8 Å². The Morgan fingerprint density at radius 2 is 1.68 bits per heavy atom. The molecule has 0 bridgehead atoms. The van der Waals surface area contributed by atoms with Crippen LogP contribution < -0.4 is 9.64 Å². The first kappa shape index (κ1) is 29.5. The molecule has 3 aromatic carbocycles. The molecule has 226 valence electrons. The number of carbonyl (C=O) groups is 3. The molecule has 0 N–H and O–H groups in total. The number of amides is 1. The van der Waals surface area contributed by atoms with Crippen LogP contribution in [0.15, 0.2) is 60.7 Å². The highest BCUT2D eigenvalue weighted by atomic mass is 19.1. The first-order chi connectivity index (χ1) is 21.4. The number of hydrogen-bond donors (Lipinski definition) is 0. The number of fused-ring (bicyclic) bond motifs is 1. The Bertz CT molecular complexity index is 1610. The second-order valence-corrected chi connectivity index (χ2v) is 11.8. The monoisotopic (exact) mass is 594 g/mol. The number of nitriles is 1. The maximum atomic E-state index is 14.4. The highest BCUT2D eigenvalue weighted by molar-refractivity contribution is 6.02. The van der Waals surface area contributed by atoms with Crippen molar-refractivity contribution in [2.24, 2.45) is 0 Å². The van der Waals surface area contributed by atoms with Gasteiger partial charge < -0.3 is 14.5 Å². The van der Waals surface area contributed by atoms with E-state index in [0.717, 1.165) is 30.8 Å². The molecule has 1 amide bonds. The van der Waals surface area contributed by atoms with Crippen LogP contribution in [0.2, 0.25) is 0 Å². The summed E-state index contributed by atoms with van der Waals surface area (Å²) in [5, 5.41) is 8.98. The molecule has 1 saturated carbocycles. The highest BCUT2D eigenvalue weighted by Gasteiger charge is 2.38. The maximum Gasteiger partial charge on any atom is 0.255 e. The lowest BCUT2D eigenvalue weighted by Gasteiger charge is -2.36. The Morgan fingerprint density at radius 3 is 2.43 bits per heavy atom. The van der Waals surface area contributed by atoms with Gasteiger partial charge in [0.15, 0.2) is 5.78 Å². The van der Waals surface area contributed by atoms with Gasteiger partial charge in [-0.3, -0.25) is 19.3 Å². The quantitative estimate of drug-likeness (QED) is 0.379. The normalized spacial score (nSPS) is 19.4. The van der Waals surface area contributed by atoms with Crippen molar-refractivity contribution in [2.45, 2.75) is 57.8 Å². The second-order valence-electron chi connectivity index (χ2n) is 11.8. The smallest absolute Gasteiger partial charge is 0.255 e. The van der Waals surface area contributed by atoms with Crippen molar-refractivity contribution in [1.29, 1.82) is 5.26 Å². The fraction of sp³-hybridized carbons (Fsp3) is 0.371. The van der Waals surface area contributed by atoms with E-state index in [4.69, 9.17) is 10.00 Å². The summed E-state index contributed by atoms with van der Waals surface area (Å²) in [5.41, 5.74) is 4.39. The lowest BCUT2D eigenvalue weighted by atomic mass is 9.94. The Hall–Kier alpha value is -4.55. The van der Waals surface area contributed by atoms with Crippen molar-refractivity contribution >= 4 is 23.2 Å². The van der Waals surface area contributed by atoms with Gasteiger partial charge in [-0.1, -0.05) is 30.3 Å². The van der Waals surface area contributed by atoms with Crippen LogP contribution in [0.25, 0.3) is 0 Å². The van der Waals surface area contributed by atoms with E-state index in [1.807, 2.05) is 29.2 Å². The molecule has 1 atom stereocenters. The molecule has 1 saturated heterocycles. The third-order valence-electron chi connectivity index (χ3n) is 8.89. The van der Waals surface area contributed by atoms with Gasteiger partial charge in [-0.15, -0.1) is 0 Å². The van der Waals surface area contributed by atoms with Gasteiger partial charge in [0.05, 0.1) is 29.9 Å². The molecule has 2 fully saturated rings. The van der Waals surface area contributed by atoms with Crippen LogP contribution in [-0.4, -0.2) is 59.5 Å². The molecule has 3 aliphatic rings. The van der Waals surface area contributed by atoms with Gasteiger partial charge in [0.25, 0.3) is 5.91 Å². The standard InChI is InChI=1S/C35H35FN4O4/c36-30-19-26(20-37)11-13-31(30)39-17-15-38(16-18-39)21-24-7-9-25(10-8-24)23-44-34-6-2-4-28-29(34)22-40(35(28)43)32-14-12-27(41)3-1-5-33(32)42/h2,4,6-11,13,19,32H,1,3,5,12,14-18,21-23H2/t32-/m0/s1. The van der Waals surface area contributed by atoms with Crippen molar-refractivity contribution in [3.8, 4) is 11.8 Å². The fourth-order valence-corrected chi connectivity index (χ4v) is 6.39. The zero-order valence-corrected chi connectivity index (χ0v) is 24.6. The van der Waals surface area contributed by atoms with E-state index < -0.39 is 6.04 Å².